The molecule has 0 aromatic heterocycles. The van der Waals surface area contributed by atoms with Crippen LogP contribution in [0.4, 0.5) is 0 Å². The van der Waals surface area contributed by atoms with Crippen molar-refractivity contribution in [1.29, 1.82) is 0 Å². The fraction of sp³-hybridized carbons (Fsp3) is 0.458. The number of aromatic hydroxyl groups is 1. The lowest BCUT2D eigenvalue weighted by Crippen LogP contribution is -2.21. The van der Waals surface area contributed by atoms with Crippen molar-refractivity contribution in [2.45, 2.75) is 44.1 Å². The number of ether oxygens (including phenoxy) is 3. The summed E-state index contributed by atoms with van der Waals surface area (Å²) in [4.78, 5) is 12.6. The molecular formula is C24H29NO5. The third-order valence-corrected chi connectivity index (χ3v) is 6.23. The van der Waals surface area contributed by atoms with E-state index in [0.29, 0.717) is 18.7 Å². The summed E-state index contributed by atoms with van der Waals surface area (Å²) in [7, 11) is 3.17. The van der Waals surface area contributed by atoms with Gasteiger partial charge in [0, 0.05) is 12.5 Å². The van der Waals surface area contributed by atoms with Crippen LogP contribution in [0.3, 0.4) is 0 Å². The van der Waals surface area contributed by atoms with E-state index in [1.165, 1.54) is 20.0 Å². The molecule has 2 aromatic carbocycles. The van der Waals surface area contributed by atoms with Gasteiger partial charge in [-0.15, -0.1) is 0 Å². The van der Waals surface area contributed by atoms with E-state index in [1.807, 2.05) is 24.3 Å². The zero-order valence-corrected chi connectivity index (χ0v) is 17.5. The normalized spacial score (nSPS) is 21.5. The summed E-state index contributed by atoms with van der Waals surface area (Å²) >= 11 is 0. The Morgan fingerprint density at radius 3 is 2.50 bits per heavy atom. The van der Waals surface area contributed by atoms with E-state index >= 15 is 0 Å². The monoisotopic (exact) mass is 411 g/mol. The Morgan fingerprint density at radius 2 is 1.77 bits per heavy atom. The molecule has 0 radical (unpaired) electrons. The minimum atomic E-state index is -0.202. The van der Waals surface area contributed by atoms with Crippen molar-refractivity contribution >= 4 is 5.91 Å². The molecule has 1 amide bonds. The molecule has 1 saturated heterocycles. The number of hydrogen-bond acceptors (Lipinski definition) is 5. The van der Waals surface area contributed by atoms with Crippen molar-refractivity contribution in [2.24, 2.45) is 5.92 Å². The van der Waals surface area contributed by atoms with Gasteiger partial charge in [-0.1, -0.05) is 12.1 Å². The lowest BCUT2D eigenvalue weighted by Gasteiger charge is -2.21. The van der Waals surface area contributed by atoms with Gasteiger partial charge in [-0.3, -0.25) is 4.79 Å². The molecule has 2 aliphatic rings. The number of methoxy groups -OCH3 is 2. The summed E-state index contributed by atoms with van der Waals surface area (Å²) in [5.41, 5.74) is 2.02. The third-order valence-electron chi connectivity index (χ3n) is 6.23. The van der Waals surface area contributed by atoms with Gasteiger partial charge in [0.1, 0.15) is 0 Å². The highest BCUT2D eigenvalue weighted by Gasteiger charge is 2.36. The molecule has 30 heavy (non-hydrogen) atoms. The fourth-order valence-corrected chi connectivity index (χ4v) is 4.56. The van der Waals surface area contributed by atoms with Crippen LogP contribution in [0.25, 0.3) is 0 Å². The first-order valence-electron chi connectivity index (χ1n) is 10.6. The van der Waals surface area contributed by atoms with Crippen LogP contribution in [0.2, 0.25) is 0 Å². The second kappa shape index (κ2) is 8.86. The zero-order chi connectivity index (χ0) is 21.1. The molecule has 2 N–H and O–H groups in total. The van der Waals surface area contributed by atoms with Crippen LogP contribution in [-0.2, 0) is 11.2 Å². The molecule has 1 aliphatic heterocycles. The topological polar surface area (TPSA) is 77.0 Å². The maximum atomic E-state index is 12.6. The molecule has 160 valence electrons. The first kappa shape index (κ1) is 20.4. The van der Waals surface area contributed by atoms with Gasteiger partial charge in [0.15, 0.2) is 23.0 Å². The van der Waals surface area contributed by atoms with Gasteiger partial charge in [0.25, 0.3) is 0 Å². The minimum Gasteiger partial charge on any atom is -0.504 e. The standard InChI is InChI=1S/C24H29NO5/c1-28-21-10-8-16(13-23(21)30-17-5-3-4-6-17)19-14-25-24(27)18(19)11-15-7-9-20(26)22(12-15)29-2/h7-10,12-13,17-19,26H,3-6,11,14H2,1-2H3,(H,25,27). The Hall–Kier alpha value is -2.89. The largest absolute Gasteiger partial charge is 0.504 e. The van der Waals surface area contributed by atoms with E-state index in [0.717, 1.165) is 35.5 Å². The fourth-order valence-electron chi connectivity index (χ4n) is 4.56. The molecule has 2 atom stereocenters. The number of phenolic OH excluding ortho intramolecular Hbond substituents is 1. The van der Waals surface area contributed by atoms with Crippen LogP contribution in [0.1, 0.15) is 42.7 Å². The van der Waals surface area contributed by atoms with Gasteiger partial charge in [-0.25, -0.2) is 0 Å². The number of rotatable bonds is 7. The highest BCUT2D eigenvalue weighted by molar-refractivity contribution is 5.82. The van der Waals surface area contributed by atoms with Crippen molar-refractivity contribution in [3.63, 3.8) is 0 Å². The number of nitrogens with one attached hydrogen (secondary N) is 1. The highest BCUT2D eigenvalue weighted by atomic mass is 16.5. The van der Waals surface area contributed by atoms with Crippen molar-refractivity contribution in [3.8, 4) is 23.0 Å². The number of phenols is 1. The summed E-state index contributed by atoms with van der Waals surface area (Å²) in [5.74, 6) is 1.87. The van der Waals surface area contributed by atoms with Crippen LogP contribution in [-0.4, -0.2) is 37.9 Å². The summed E-state index contributed by atoms with van der Waals surface area (Å²) in [5, 5.41) is 12.9. The summed E-state index contributed by atoms with van der Waals surface area (Å²) in [6.07, 6.45) is 5.35. The summed E-state index contributed by atoms with van der Waals surface area (Å²) < 4.78 is 17.0. The van der Waals surface area contributed by atoms with Crippen LogP contribution in [0, 0.1) is 5.92 Å². The minimum absolute atomic E-state index is 0.0362. The van der Waals surface area contributed by atoms with Crippen LogP contribution >= 0.6 is 0 Å². The second-order valence-corrected chi connectivity index (χ2v) is 8.10. The Balaban J connectivity index is 1.58. The lowest BCUT2D eigenvalue weighted by atomic mass is 9.84. The molecule has 1 saturated carbocycles. The molecule has 0 spiro atoms. The van der Waals surface area contributed by atoms with Gasteiger partial charge in [-0.05, 0) is 67.5 Å². The van der Waals surface area contributed by atoms with Crippen molar-refractivity contribution in [1.82, 2.24) is 5.32 Å². The average Bonchev–Trinajstić information content (AvgIpc) is 3.39. The first-order valence-corrected chi connectivity index (χ1v) is 10.6. The highest BCUT2D eigenvalue weighted by Crippen LogP contribution is 2.39. The summed E-state index contributed by atoms with van der Waals surface area (Å²) in [6, 6.07) is 11.2. The van der Waals surface area contributed by atoms with Crippen molar-refractivity contribution in [3.05, 3.63) is 47.5 Å². The quantitative estimate of drug-likeness (QED) is 0.725. The Labute approximate surface area is 177 Å². The number of hydrogen-bond donors (Lipinski definition) is 2. The Morgan fingerprint density at radius 1 is 1.00 bits per heavy atom. The predicted octanol–water partition coefficient (Wildman–Crippen LogP) is 3.80. The maximum absolute atomic E-state index is 12.6. The maximum Gasteiger partial charge on any atom is 0.224 e. The SMILES string of the molecule is COc1cc(CC2C(=O)NCC2c2ccc(OC)c(OC3CCCC3)c2)ccc1O. The van der Waals surface area contributed by atoms with E-state index in [1.54, 1.807) is 19.2 Å². The van der Waals surface area contributed by atoms with Crippen LogP contribution in [0.5, 0.6) is 23.0 Å². The molecule has 2 aromatic rings. The van der Waals surface area contributed by atoms with Crippen molar-refractivity contribution in [2.75, 3.05) is 20.8 Å². The van der Waals surface area contributed by atoms with Gasteiger partial charge in [0.05, 0.1) is 26.2 Å². The number of benzene rings is 2. The number of carbonyl (C=O) groups excluding carboxylic acids is 1. The molecule has 2 unspecified atom stereocenters. The molecule has 6 nitrogen and oxygen atoms in total. The molecule has 2 fully saturated rings. The summed E-state index contributed by atoms with van der Waals surface area (Å²) in [6.45, 7) is 0.591. The van der Waals surface area contributed by atoms with E-state index in [4.69, 9.17) is 14.2 Å². The van der Waals surface area contributed by atoms with Crippen molar-refractivity contribution < 1.29 is 24.1 Å². The van der Waals surface area contributed by atoms with Gasteiger partial charge >= 0.3 is 0 Å². The van der Waals surface area contributed by atoms with Gasteiger partial charge < -0.3 is 24.6 Å². The molecule has 0 bridgehead atoms. The van der Waals surface area contributed by atoms with Crippen LogP contribution < -0.4 is 19.5 Å². The predicted molar refractivity (Wildman–Crippen MR) is 113 cm³/mol. The van der Waals surface area contributed by atoms with E-state index in [9.17, 15) is 9.90 Å². The molecule has 1 aliphatic carbocycles. The second-order valence-electron chi connectivity index (χ2n) is 8.10. The average molecular weight is 411 g/mol. The lowest BCUT2D eigenvalue weighted by molar-refractivity contribution is -0.122. The molecule has 4 rings (SSSR count). The van der Waals surface area contributed by atoms with E-state index < -0.39 is 0 Å². The first-order chi connectivity index (χ1) is 14.6. The number of carbonyl (C=O) groups is 1. The van der Waals surface area contributed by atoms with E-state index in [2.05, 4.69) is 5.32 Å². The third kappa shape index (κ3) is 4.18. The molecule has 1 heterocycles. The Bertz CT molecular complexity index is 906. The smallest absolute Gasteiger partial charge is 0.224 e. The van der Waals surface area contributed by atoms with Crippen LogP contribution in [0.15, 0.2) is 36.4 Å². The van der Waals surface area contributed by atoms with Gasteiger partial charge in [0.2, 0.25) is 5.91 Å². The zero-order valence-electron chi connectivity index (χ0n) is 17.5. The molecular weight excluding hydrogens is 382 g/mol. The molecule has 6 heteroatoms. The van der Waals surface area contributed by atoms with E-state index in [-0.39, 0.29) is 29.6 Å². The number of amides is 1. The van der Waals surface area contributed by atoms with Gasteiger partial charge in [-0.2, -0.15) is 0 Å². The Kier molecular flexibility index (Phi) is 6.02.